The van der Waals surface area contributed by atoms with Gasteiger partial charge in [-0.3, -0.25) is 4.79 Å². The van der Waals surface area contributed by atoms with E-state index in [0.717, 1.165) is 16.7 Å². The number of aliphatic carboxylic acids is 1. The molecule has 2 nitrogen and oxygen atoms in total. The standard InChI is InChI=1S/C18H18O2/c1-3-12-18(2,17(19)20)16-11-7-10-15(13-16)14-8-5-4-6-9-14/h3-11,13H,1,12H2,2H3,(H,19,20). The molecule has 0 bridgehead atoms. The van der Waals surface area contributed by atoms with Crippen molar-refractivity contribution in [3.63, 3.8) is 0 Å². The maximum atomic E-state index is 11.6. The van der Waals surface area contributed by atoms with Crippen LogP contribution < -0.4 is 0 Å². The van der Waals surface area contributed by atoms with Crippen molar-refractivity contribution >= 4 is 5.97 Å². The lowest BCUT2D eigenvalue weighted by molar-refractivity contribution is -0.143. The van der Waals surface area contributed by atoms with E-state index in [4.69, 9.17) is 0 Å². The van der Waals surface area contributed by atoms with Gasteiger partial charge >= 0.3 is 5.97 Å². The summed E-state index contributed by atoms with van der Waals surface area (Å²) in [5.74, 6) is -0.831. The molecule has 0 aromatic heterocycles. The Morgan fingerprint density at radius 3 is 2.40 bits per heavy atom. The second-order valence-corrected chi connectivity index (χ2v) is 5.08. The Kier molecular flexibility index (Phi) is 4.04. The summed E-state index contributed by atoms with van der Waals surface area (Å²) in [7, 11) is 0. The molecule has 0 heterocycles. The molecule has 0 fully saturated rings. The number of benzene rings is 2. The van der Waals surface area contributed by atoms with Gasteiger partial charge in [-0.1, -0.05) is 60.7 Å². The summed E-state index contributed by atoms with van der Waals surface area (Å²) >= 11 is 0. The molecule has 0 aliphatic rings. The van der Waals surface area contributed by atoms with Crippen LogP contribution in [-0.2, 0) is 10.2 Å². The van der Waals surface area contributed by atoms with Crippen molar-refractivity contribution in [3.05, 3.63) is 72.8 Å². The number of hydrogen-bond acceptors (Lipinski definition) is 1. The Bertz CT molecular complexity index is 616. The Balaban J connectivity index is 2.49. The Labute approximate surface area is 119 Å². The average Bonchev–Trinajstić information content (AvgIpc) is 2.48. The zero-order chi connectivity index (χ0) is 14.6. The first kappa shape index (κ1) is 14.1. The van der Waals surface area contributed by atoms with E-state index in [1.807, 2.05) is 54.6 Å². The minimum atomic E-state index is -0.938. The van der Waals surface area contributed by atoms with Gasteiger partial charge in [0.15, 0.2) is 0 Å². The molecule has 1 N–H and O–H groups in total. The summed E-state index contributed by atoms with van der Waals surface area (Å²) in [6, 6.07) is 17.7. The molecule has 20 heavy (non-hydrogen) atoms. The van der Waals surface area contributed by atoms with Gasteiger partial charge in [-0.25, -0.2) is 0 Å². The highest BCUT2D eigenvalue weighted by atomic mass is 16.4. The molecule has 0 spiro atoms. The van der Waals surface area contributed by atoms with Crippen molar-refractivity contribution in [2.75, 3.05) is 0 Å². The van der Waals surface area contributed by atoms with Gasteiger partial charge in [0.05, 0.1) is 5.41 Å². The first-order valence-electron chi connectivity index (χ1n) is 6.58. The van der Waals surface area contributed by atoms with Gasteiger partial charge in [0.25, 0.3) is 0 Å². The van der Waals surface area contributed by atoms with E-state index in [0.29, 0.717) is 6.42 Å². The van der Waals surface area contributed by atoms with E-state index < -0.39 is 11.4 Å². The van der Waals surface area contributed by atoms with Crippen molar-refractivity contribution in [3.8, 4) is 11.1 Å². The van der Waals surface area contributed by atoms with Crippen LogP contribution in [0.4, 0.5) is 0 Å². The third kappa shape index (κ3) is 2.64. The molecule has 102 valence electrons. The monoisotopic (exact) mass is 266 g/mol. The summed E-state index contributed by atoms with van der Waals surface area (Å²) in [5, 5.41) is 9.53. The average molecular weight is 266 g/mol. The predicted octanol–water partition coefficient (Wildman–Crippen LogP) is 4.27. The first-order chi connectivity index (χ1) is 9.58. The Morgan fingerprint density at radius 1 is 1.15 bits per heavy atom. The highest BCUT2D eigenvalue weighted by Crippen LogP contribution is 2.31. The normalized spacial score (nSPS) is 13.4. The largest absolute Gasteiger partial charge is 0.481 e. The number of rotatable bonds is 5. The zero-order valence-corrected chi connectivity index (χ0v) is 11.5. The number of hydrogen-bond donors (Lipinski definition) is 1. The summed E-state index contributed by atoms with van der Waals surface area (Å²) in [4.78, 5) is 11.6. The van der Waals surface area contributed by atoms with Crippen LogP contribution in [0.1, 0.15) is 18.9 Å². The quantitative estimate of drug-likeness (QED) is 0.820. The molecule has 2 aromatic carbocycles. The zero-order valence-electron chi connectivity index (χ0n) is 11.5. The second kappa shape index (κ2) is 5.74. The van der Waals surface area contributed by atoms with Crippen LogP contribution in [0.25, 0.3) is 11.1 Å². The first-order valence-corrected chi connectivity index (χ1v) is 6.58. The molecule has 2 aromatic rings. The molecular weight excluding hydrogens is 248 g/mol. The van der Waals surface area contributed by atoms with Crippen molar-refractivity contribution in [2.45, 2.75) is 18.8 Å². The second-order valence-electron chi connectivity index (χ2n) is 5.08. The number of carbonyl (C=O) groups is 1. The number of carboxylic acid groups (broad SMARTS) is 1. The summed E-state index contributed by atoms with van der Waals surface area (Å²) in [6.07, 6.45) is 2.06. The Hall–Kier alpha value is -2.35. The lowest BCUT2D eigenvalue weighted by Crippen LogP contribution is -2.31. The van der Waals surface area contributed by atoms with Crippen LogP contribution in [0.5, 0.6) is 0 Å². The number of allylic oxidation sites excluding steroid dienone is 1. The lowest BCUT2D eigenvalue weighted by Gasteiger charge is -2.24. The minimum absolute atomic E-state index is 0.403. The third-order valence-corrected chi connectivity index (χ3v) is 3.63. The highest BCUT2D eigenvalue weighted by molar-refractivity contribution is 5.82. The Morgan fingerprint density at radius 2 is 1.80 bits per heavy atom. The predicted molar refractivity (Wildman–Crippen MR) is 81.7 cm³/mol. The molecule has 0 saturated carbocycles. The van der Waals surface area contributed by atoms with Crippen LogP contribution >= 0.6 is 0 Å². The fraction of sp³-hybridized carbons (Fsp3) is 0.167. The third-order valence-electron chi connectivity index (χ3n) is 3.63. The van der Waals surface area contributed by atoms with Crippen molar-refractivity contribution in [1.82, 2.24) is 0 Å². The van der Waals surface area contributed by atoms with Gasteiger partial charge in [0, 0.05) is 0 Å². The highest BCUT2D eigenvalue weighted by Gasteiger charge is 2.33. The summed E-state index contributed by atoms with van der Waals surface area (Å²) in [6.45, 7) is 5.41. The van der Waals surface area contributed by atoms with Gasteiger partial charge in [-0.2, -0.15) is 0 Å². The van der Waals surface area contributed by atoms with Gasteiger partial charge in [0.1, 0.15) is 0 Å². The van der Waals surface area contributed by atoms with Crippen molar-refractivity contribution < 1.29 is 9.90 Å². The van der Waals surface area contributed by atoms with Gasteiger partial charge in [-0.15, -0.1) is 6.58 Å². The molecule has 2 heteroatoms. The molecule has 0 aliphatic carbocycles. The van der Waals surface area contributed by atoms with Crippen molar-refractivity contribution in [1.29, 1.82) is 0 Å². The van der Waals surface area contributed by atoms with E-state index in [1.54, 1.807) is 13.0 Å². The topological polar surface area (TPSA) is 37.3 Å². The van der Waals surface area contributed by atoms with Crippen LogP contribution in [0.3, 0.4) is 0 Å². The van der Waals surface area contributed by atoms with Gasteiger partial charge in [-0.05, 0) is 30.0 Å². The van der Waals surface area contributed by atoms with E-state index in [9.17, 15) is 9.90 Å². The van der Waals surface area contributed by atoms with Crippen LogP contribution in [-0.4, -0.2) is 11.1 Å². The molecular formula is C18H18O2. The maximum Gasteiger partial charge on any atom is 0.314 e. The van der Waals surface area contributed by atoms with E-state index in [2.05, 4.69) is 6.58 Å². The smallest absolute Gasteiger partial charge is 0.314 e. The minimum Gasteiger partial charge on any atom is -0.481 e. The summed E-state index contributed by atoms with van der Waals surface area (Å²) < 4.78 is 0. The maximum absolute atomic E-state index is 11.6. The van der Waals surface area contributed by atoms with Crippen LogP contribution in [0.15, 0.2) is 67.3 Å². The van der Waals surface area contributed by atoms with E-state index in [-0.39, 0.29) is 0 Å². The molecule has 0 radical (unpaired) electrons. The van der Waals surface area contributed by atoms with E-state index in [1.165, 1.54) is 0 Å². The van der Waals surface area contributed by atoms with Crippen LogP contribution in [0.2, 0.25) is 0 Å². The summed E-state index contributed by atoms with van der Waals surface area (Å²) in [5.41, 5.74) is 1.97. The molecule has 0 aliphatic heterocycles. The lowest BCUT2D eigenvalue weighted by atomic mass is 9.78. The fourth-order valence-corrected chi connectivity index (χ4v) is 2.29. The molecule has 1 atom stereocenters. The molecule has 1 unspecified atom stereocenters. The molecule has 0 saturated heterocycles. The molecule has 0 amide bonds. The van der Waals surface area contributed by atoms with E-state index >= 15 is 0 Å². The van der Waals surface area contributed by atoms with Crippen LogP contribution in [0, 0.1) is 0 Å². The SMILES string of the molecule is C=CCC(C)(C(=O)O)c1cccc(-c2ccccc2)c1. The van der Waals surface area contributed by atoms with Gasteiger partial charge in [0.2, 0.25) is 0 Å². The number of carboxylic acids is 1. The fourth-order valence-electron chi connectivity index (χ4n) is 2.29. The van der Waals surface area contributed by atoms with Gasteiger partial charge < -0.3 is 5.11 Å². The molecule has 2 rings (SSSR count). The van der Waals surface area contributed by atoms with Crippen molar-refractivity contribution in [2.24, 2.45) is 0 Å².